The number of esters is 2. The Morgan fingerprint density at radius 3 is 1.92 bits per heavy atom. The number of amides is 1. The molecule has 2 aromatic carbocycles. The van der Waals surface area contributed by atoms with Gasteiger partial charge in [-0.05, 0) is 49.2 Å². The van der Waals surface area contributed by atoms with Gasteiger partial charge in [-0.1, -0.05) is 56.1 Å². The number of nitrogens with one attached hydrogen (secondary N) is 1. The zero-order valence-corrected chi connectivity index (χ0v) is 23.8. The summed E-state index contributed by atoms with van der Waals surface area (Å²) in [6.45, 7) is 4.51. The lowest BCUT2D eigenvalue weighted by molar-refractivity contribution is -0.150. The van der Waals surface area contributed by atoms with Crippen LogP contribution in [0.2, 0.25) is 0 Å². The summed E-state index contributed by atoms with van der Waals surface area (Å²) in [6.07, 6.45) is 0.785. The standard InChI is InChI=1S/C27H26Br2N2O6/c1-15(31-26(33)24-25(37-17(3)32)22(35-4)13-14-30-24)27(34)36-16(2)23(18-5-9-20(28)10-6-18)19-7-11-21(29)12-8-19/h5-16,23H,1-4H3,(H,31,33)/t15-,16-/m0/s1. The fourth-order valence-corrected chi connectivity index (χ4v) is 4.28. The predicted molar refractivity (Wildman–Crippen MR) is 145 cm³/mol. The van der Waals surface area contributed by atoms with Gasteiger partial charge in [-0.3, -0.25) is 9.59 Å². The SMILES string of the molecule is COc1ccnc(C(=O)N[C@@H](C)C(=O)O[C@@H](C)C(c2ccc(Br)cc2)c2ccc(Br)cc2)c1OC(C)=O. The van der Waals surface area contributed by atoms with Gasteiger partial charge < -0.3 is 19.5 Å². The van der Waals surface area contributed by atoms with Crippen LogP contribution in [0.4, 0.5) is 0 Å². The molecule has 8 nitrogen and oxygen atoms in total. The van der Waals surface area contributed by atoms with E-state index in [1.54, 1.807) is 0 Å². The molecule has 2 atom stereocenters. The van der Waals surface area contributed by atoms with Crippen LogP contribution in [0.5, 0.6) is 11.5 Å². The van der Waals surface area contributed by atoms with Crippen molar-refractivity contribution in [3.63, 3.8) is 0 Å². The minimum Gasteiger partial charge on any atom is -0.493 e. The molecular weight excluding hydrogens is 608 g/mol. The van der Waals surface area contributed by atoms with Crippen LogP contribution in [0.3, 0.4) is 0 Å². The molecular formula is C27H26Br2N2O6. The lowest BCUT2D eigenvalue weighted by Gasteiger charge is -2.26. The second-order valence-corrected chi connectivity index (χ2v) is 10.0. The number of methoxy groups -OCH3 is 1. The van der Waals surface area contributed by atoms with Gasteiger partial charge in [0, 0.05) is 34.1 Å². The average Bonchev–Trinajstić information content (AvgIpc) is 2.86. The first-order valence-corrected chi connectivity index (χ1v) is 12.9. The molecule has 194 valence electrons. The lowest BCUT2D eigenvalue weighted by Crippen LogP contribution is -2.41. The van der Waals surface area contributed by atoms with E-state index < -0.39 is 30.0 Å². The topological polar surface area (TPSA) is 104 Å². The predicted octanol–water partition coefficient (Wildman–Crippen LogP) is 5.42. The van der Waals surface area contributed by atoms with Gasteiger partial charge in [0.25, 0.3) is 5.91 Å². The molecule has 0 spiro atoms. The molecule has 0 unspecified atom stereocenters. The van der Waals surface area contributed by atoms with E-state index in [4.69, 9.17) is 14.2 Å². The van der Waals surface area contributed by atoms with Crippen LogP contribution in [-0.4, -0.2) is 42.1 Å². The van der Waals surface area contributed by atoms with Gasteiger partial charge in [-0.15, -0.1) is 0 Å². The Hall–Kier alpha value is -3.24. The number of halogens is 2. The summed E-state index contributed by atoms with van der Waals surface area (Å²) in [5.74, 6) is -2.21. The maximum atomic E-state index is 13.0. The maximum absolute atomic E-state index is 13.0. The van der Waals surface area contributed by atoms with Gasteiger partial charge in [-0.25, -0.2) is 9.78 Å². The minimum atomic E-state index is -1.01. The highest BCUT2D eigenvalue weighted by atomic mass is 79.9. The van der Waals surface area contributed by atoms with E-state index in [0.29, 0.717) is 0 Å². The number of aromatic nitrogens is 1. The van der Waals surface area contributed by atoms with E-state index in [1.165, 1.54) is 33.2 Å². The molecule has 0 radical (unpaired) electrons. The highest BCUT2D eigenvalue weighted by Crippen LogP contribution is 2.32. The monoisotopic (exact) mass is 632 g/mol. The molecule has 0 aliphatic carbocycles. The third-order valence-electron chi connectivity index (χ3n) is 5.48. The first-order valence-electron chi connectivity index (χ1n) is 11.3. The van der Waals surface area contributed by atoms with Crippen molar-refractivity contribution >= 4 is 49.7 Å². The Bertz CT molecular complexity index is 1220. The molecule has 1 heterocycles. The molecule has 0 aliphatic rings. The van der Waals surface area contributed by atoms with Gasteiger partial charge >= 0.3 is 11.9 Å². The Kier molecular flexibility index (Phi) is 9.82. The van der Waals surface area contributed by atoms with Gasteiger partial charge in [0.1, 0.15) is 12.1 Å². The second kappa shape index (κ2) is 12.8. The largest absolute Gasteiger partial charge is 0.493 e. The van der Waals surface area contributed by atoms with Crippen molar-refractivity contribution in [2.24, 2.45) is 0 Å². The zero-order chi connectivity index (χ0) is 27.1. The number of hydrogen-bond donors (Lipinski definition) is 1. The van der Waals surface area contributed by atoms with Crippen LogP contribution in [0.25, 0.3) is 0 Å². The number of ether oxygens (including phenoxy) is 3. The first-order chi connectivity index (χ1) is 17.6. The summed E-state index contributed by atoms with van der Waals surface area (Å²) in [4.78, 5) is 41.5. The third kappa shape index (κ3) is 7.39. The van der Waals surface area contributed by atoms with E-state index in [9.17, 15) is 14.4 Å². The molecule has 3 rings (SSSR count). The van der Waals surface area contributed by atoms with Gasteiger partial charge in [0.2, 0.25) is 5.75 Å². The van der Waals surface area contributed by atoms with E-state index >= 15 is 0 Å². The lowest BCUT2D eigenvalue weighted by atomic mass is 9.87. The molecule has 0 saturated carbocycles. The number of carbonyl (C=O) groups is 3. The molecule has 0 bridgehead atoms. The molecule has 1 N–H and O–H groups in total. The quantitative estimate of drug-likeness (QED) is 0.314. The molecule has 0 saturated heterocycles. The Morgan fingerprint density at radius 1 is 0.892 bits per heavy atom. The average molecular weight is 634 g/mol. The molecule has 10 heteroatoms. The van der Waals surface area contributed by atoms with E-state index in [1.807, 2.05) is 55.5 Å². The van der Waals surface area contributed by atoms with Gasteiger partial charge in [0.15, 0.2) is 11.4 Å². The molecule has 1 aromatic heterocycles. The van der Waals surface area contributed by atoms with Crippen molar-refractivity contribution < 1.29 is 28.6 Å². The normalized spacial score (nSPS) is 12.4. The van der Waals surface area contributed by atoms with Crippen molar-refractivity contribution in [3.05, 3.63) is 86.6 Å². The van der Waals surface area contributed by atoms with Crippen LogP contribution in [0.15, 0.2) is 69.7 Å². The van der Waals surface area contributed by atoms with Crippen molar-refractivity contribution in [1.82, 2.24) is 10.3 Å². The maximum Gasteiger partial charge on any atom is 0.328 e. The van der Waals surface area contributed by atoms with Crippen LogP contribution < -0.4 is 14.8 Å². The fourth-order valence-electron chi connectivity index (χ4n) is 3.75. The van der Waals surface area contributed by atoms with Crippen LogP contribution in [-0.2, 0) is 14.3 Å². The summed E-state index contributed by atoms with van der Waals surface area (Å²) in [7, 11) is 1.37. The third-order valence-corrected chi connectivity index (χ3v) is 6.54. The number of hydrogen-bond acceptors (Lipinski definition) is 7. The number of pyridine rings is 1. The fraction of sp³-hybridized carbons (Fsp3) is 0.259. The van der Waals surface area contributed by atoms with Crippen molar-refractivity contribution in [2.45, 2.75) is 38.8 Å². The second-order valence-electron chi connectivity index (χ2n) is 8.20. The highest BCUT2D eigenvalue weighted by molar-refractivity contribution is 9.10. The summed E-state index contributed by atoms with van der Waals surface area (Å²) < 4.78 is 18.0. The summed E-state index contributed by atoms with van der Waals surface area (Å²) in [5.41, 5.74) is 1.74. The highest BCUT2D eigenvalue weighted by Gasteiger charge is 2.29. The van der Waals surface area contributed by atoms with E-state index in [2.05, 4.69) is 42.2 Å². The van der Waals surface area contributed by atoms with E-state index in [0.717, 1.165) is 20.1 Å². The summed E-state index contributed by atoms with van der Waals surface area (Å²) >= 11 is 6.91. The Morgan fingerprint density at radius 2 is 1.43 bits per heavy atom. The van der Waals surface area contributed by atoms with Crippen LogP contribution in [0, 0.1) is 0 Å². The summed E-state index contributed by atoms with van der Waals surface area (Å²) in [6, 6.07) is 16.0. The molecule has 3 aromatic rings. The van der Waals surface area contributed by atoms with Gasteiger partial charge in [-0.2, -0.15) is 0 Å². The van der Waals surface area contributed by atoms with Crippen molar-refractivity contribution in [3.8, 4) is 11.5 Å². The van der Waals surface area contributed by atoms with Crippen molar-refractivity contribution in [2.75, 3.05) is 7.11 Å². The first kappa shape index (κ1) is 28.3. The number of benzene rings is 2. The number of rotatable bonds is 9. The molecule has 1 amide bonds. The number of nitrogens with zero attached hydrogens (tertiary/aromatic N) is 1. The van der Waals surface area contributed by atoms with Crippen molar-refractivity contribution in [1.29, 1.82) is 0 Å². The Balaban J connectivity index is 1.78. The molecule has 0 aliphatic heterocycles. The number of carbonyl (C=O) groups excluding carboxylic acids is 3. The van der Waals surface area contributed by atoms with Crippen LogP contribution in [0.1, 0.15) is 48.3 Å². The zero-order valence-electron chi connectivity index (χ0n) is 20.7. The molecule has 37 heavy (non-hydrogen) atoms. The minimum absolute atomic E-state index is 0.130. The van der Waals surface area contributed by atoms with E-state index in [-0.39, 0.29) is 23.1 Å². The smallest absolute Gasteiger partial charge is 0.328 e. The van der Waals surface area contributed by atoms with Crippen LogP contribution >= 0.6 is 31.9 Å². The summed E-state index contributed by atoms with van der Waals surface area (Å²) in [5, 5.41) is 2.56. The molecule has 0 fully saturated rings. The Labute approximate surface area is 232 Å². The van der Waals surface area contributed by atoms with Gasteiger partial charge in [0.05, 0.1) is 7.11 Å².